The van der Waals surface area contributed by atoms with Crippen LogP contribution in [0, 0.1) is 5.92 Å². The van der Waals surface area contributed by atoms with Crippen molar-refractivity contribution in [3.8, 4) is 0 Å². The molecule has 0 bridgehead atoms. The Morgan fingerprint density at radius 3 is 2.63 bits per heavy atom. The van der Waals surface area contributed by atoms with E-state index in [-0.39, 0.29) is 24.8 Å². The van der Waals surface area contributed by atoms with Gasteiger partial charge < -0.3 is 19.2 Å². The Morgan fingerprint density at radius 2 is 2.11 bits per heavy atom. The predicted octanol–water partition coefficient (Wildman–Crippen LogP) is 1.61. The van der Waals surface area contributed by atoms with Gasteiger partial charge in [0.1, 0.15) is 18.9 Å². The summed E-state index contributed by atoms with van der Waals surface area (Å²) in [5.41, 5.74) is 0. The zero-order valence-electron chi connectivity index (χ0n) is 11.4. The van der Waals surface area contributed by atoms with E-state index in [1.54, 1.807) is 6.07 Å². The molecule has 0 radical (unpaired) electrons. The molecule has 19 heavy (non-hydrogen) atoms. The summed E-state index contributed by atoms with van der Waals surface area (Å²) in [6.45, 7) is 4.14. The van der Waals surface area contributed by atoms with Crippen molar-refractivity contribution < 1.29 is 23.8 Å². The van der Waals surface area contributed by atoms with Gasteiger partial charge in [-0.15, -0.1) is 0 Å². The Morgan fingerprint density at radius 1 is 1.42 bits per heavy atom. The van der Waals surface area contributed by atoms with Crippen molar-refractivity contribution in [2.24, 2.45) is 5.92 Å². The number of furan rings is 1. The third kappa shape index (κ3) is 4.75. The van der Waals surface area contributed by atoms with Crippen molar-refractivity contribution in [2.75, 3.05) is 20.2 Å². The van der Waals surface area contributed by atoms with Crippen LogP contribution in [0.1, 0.15) is 30.2 Å². The molecule has 0 saturated carbocycles. The van der Waals surface area contributed by atoms with Gasteiger partial charge >= 0.3 is 5.97 Å². The summed E-state index contributed by atoms with van der Waals surface area (Å²) in [4.78, 5) is 24.2. The predicted molar refractivity (Wildman–Crippen MR) is 67.8 cm³/mol. The number of carbonyl (C=O) groups is 2. The molecule has 0 saturated heterocycles. The number of nitrogens with zero attached hydrogens (tertiary/aromatic N) is 1. The summed E-state index contributed by atoms with van der Waals surface area (Å²) in [5, 5.41) is 8.84. The molecule has 106 valence electrons. The van der Waals surface area contributed by atoms with Crippen molar-refractivity contribution in [3.05, 3.63) is 23.7 Å². The minimum absolute atomic E-state index is 0.133. The quantitative estimate of drug-likeness (QED) is 0.813. The van der Waals surface area contributed by atoms with Crippen LogP contribution in [0.4, 0.5) is 0 Å². The van der Waals surface area contributed by atoms with Crippen LogP contribution < -0.4 is 0 Å². The summed E-state index contributed by atoms with van der Waals surface area (Å²) >= 11 is 0. The van der Waals surface area contributed by atoms with Crippen LogP contribution in [0.5, 0.6) is 0 Å². The zero-order valence-corrected chi connectivity index (χ0v) is 11.4. The maximum absolute atomic E-state index is 12.2. The van der Waals surface area contributed by atoms with Gasteiger partial charge in [-0.3, -0.25) is 9.59 Å². The first kappa shape index (κ1) is 15.2. The fourth-order valence-corrected chi connectivity index (χ4v) is 1.69. The Kier molecular flexibility index (Phi) is 5.57. The molecule has 1 amide bonds. The number of carboxylic acid groups (broad SMARTS) is 1. The van der Waals surface area contributed by atoms with Gasteiger partial charge in [0.25, 0.3) is 5.91 Å². The highest BCUT2D eigenvalue weighted by molar-refractivity contribution is 5.93. The first-order chi connectivity index (χ1) is 8.93. The lowest BCUT2D eigenvalue weighted by Gasteiger charge is -2.21. The highest BCUT2D eigenvalue weighted by Gasteiger charge is 2.22. The number of aliphatic carboxylic acids is 1. The van der Waals surface area contributed by atoms with E-state index in [0.717, 1.165) is 0 Å². The highest BCUT2D eigenvalue weighted by atomic mass is 16.5. The van der Waals surface area contributed by atoms with Gasteiger partial charge in [-0.2, -0.15) is 0 Å². The SMILES string of the molecule is COCc1ccc(C(=O)N(CC(=O)O)CC(C)C)o1. The van der Waals surface area contributed by atoms with Crippen molar-refractivity contribution in [1.29, 1.82) is 0 Å². The van der Waals surface area contributed by atoms with Crippen LogP contribution >= 0.6 is 0 Å². The Balaban J connectivity index is 2.81. The molecule has 1 aromatic heterocycles. The monoisotopic (exact) mass is 269 g/mol. The number of hydrogen-bond acceptors (Lipinski definition) is 4. The number of rotatable bonds is 7. The molecule has 6 nitrogen and oxygen atoms in total. The van der Waals surface area contributed by atoms with Crippen LogP contribution in [0.15, 0.2) is 16.5 Å². The number of hydrogen-bond donors (Lipinski definition) is 1. The van der Waals surface area contributed by atoms with E-state index in [4.69, 9.17) is 14.3 Å². The van der Waals surface area contributed by atoms with Gasteiger partial charge in [0.05, 0.1) is 0 Å². The number of carboxylic acids is 1. The molecule has 0 spiro atoms. The summed E-state index contributed by atoms with van der Waals surface area (Å²) in [5.74, 6) is -0.618. The lowest BCUT2D eigenvalue weighted by Crippen LogP contribution is -2.38. The zero-order chi connectivity index (χ0) is 14.4. The average Bonchev–Trinajstić information content (AvgIpc) is 2.75. The number of amides is 1. The first-order valence-electron chi connectivity index (χ1n) is 6.02. The third-order valence-electron chi connectivity index (χ3n) is 2.36. The fourth-order valence-electron chi connectivity index (χ4n) is 1.69. The molecule has 0 unspecified atom stereocenters. The van der Waals surface area contributed by atoms with Crippen molar-refractivity contribution in [1.82, 2.24) is 4.90 Å². The number of carbonyl (C=O) groups excluding carboxylic acids is 1. The Hall–Kier alpha value is -1.82. The van der Waals surface area contributed by atoms with Gasteiger partial charge in [-0.25, -0.2) is 0 Å². The maximum Gasteiger partial charge on any atom is 0.323 e. The second-order valence-electron chi connectivity index (χ2n) is 4.67. The summed E-state index contributed by atoms with van der Waals surface area (Å²) in [7, 11) is 1.53. The summed E-state index contributed by atoms with van der Waals surface area (Å²) < 4.78 is 10.2. The van der Waals surface area contributed by atoms with Gasteiger partial charge in [0, 0.05) is 13.7 Å². The van der Waals surface area contributed by atoms with E-state index in [1.807, 2.05) is 13.8 Å². The molecule has 0 aromatic carbocycles. The van der Waals surface area contributed by atoms with Crippen LogP contribution in [0.25, 0.3) is 0 Å². The molecular weight excluding hydrogens is 250 g/mol. The van der Waals surface area contributed by atoms with Crippen LogP contribution in [-0.2, 0) is 16.1 Å². The largest absolute Gasteiger partial charge is 0.480 e. The minimum Gasteiger partial charge on any atom is -0.480 e. The van der Waals surface area contributed by atoms with Crippen molar-refractivity contribution in [2.45, 2.75) is 20.5 Å². The van der Waals surface area contributed by atoms with E-state index >= 15 is 0 Å². The van der Waals surface area contributed by atoms with Crippen LogP contribution in [0.2, 0.25) is 0 Å². The molecule has 0 fully saturated rings. The molecular formula is C13H19NO5. The van der Waals surface area contributed by atoms with Gasteiger partial charge in [-0.05, 0) is 18.1 Å². The molecule has 1 N–H and O–H groups in total. The molecule has 0 aliphatic carbocycles. The summed E-state index contributed by atoms with van der Waals surface area (Å²) in [6.07, 6.45) is 0. The molecule has 1 aromatic rings. The van der Waals surface area contributed by atoms with E-state index in [1.165, 1.54) is 18.1 Å². The average molecular weight is 269 g/mol. The maximum atomic E-state index is 12.2. The third-order valence-corrected chi connectivity index (χ3v) is 2.36. The summed E-state index contributed by atoms with van der Waals surface area (Å²) in [6, 6.07) is 3.18. The van der Waals surface area contributed by atoms with Crippen molar-refractivity contribution >= 4 is 11.9 Å². The fraction of sp³-hybridized carbons (Fsp3) is 0.538. The van der Waals surface area contributed by atoms with Crippen molar-refractivity contribution in [3.63, 3.8) is 0 Å². The second-order valence-corrected chi connectivity index (χ2v) is 4.67. The molecule has 1 heterocycles. The number of methoxy groups -OCH3 is 1. The molecule has 6 heteroatoms. The Bertz CT molecular complexity index is 438. The van der Waals surface area contributed by atoms with E-state index in [9.17, 15) is 9.59 Å². The van der Waals surface area contributed by atoms with E-state index in [0.29, 0.717) is 12.3 Å². The first-order valence-corrected chi connectivity index (χ1v) is 6.02. The molecule has 0 atom stereocenters. The second kappa shape index (κ2) is 6.94. The Labute approximate surface area is 112 Å². The normalized spacial score (nSPS) is 10.7. The lowest BCUT2D eigenvalue weighted by atomic mass is 10.2. The van der Waals surface area contributed by atoms with Crippen LogP contribution in [0.3, 0.4) is 0 Å². The van der Waals surface area contributed by atoms with Gasteiger partial charge in [-0.1, -0.05) is 13.8 Å². The van der Waals surface area contributed by atoms with Crippen LogP contribution in [-0.4, -0.2) is 42.1 Å². The topological polar surface area (TPSA) is 80.0 Å². The minimum atomic E-state index is -1.04. The van der Waals surface area contributed by atoms with Gasteiger partial charge in [0.2, 0.25) is 0 Å². The van der Waals surface area contributed by atoms with E-state index < -0.39 is 11.9 Å². The number of ether oxygens (including phenoxy) is 1. The smallest absolute Gasteiger partial charge is 0.323 e. The lowest BCUT2D eigenvalue weighted by molar-refractivity contribution is -0.137. The molecule has 0 aliphatic rings. The van der Waals surface area contributed by atoms with E-state index in [2.05, 4.69) is 0 Å². The highest BCUT2D eigenvalue weighted by Crippen LogP contribution is 2.12. The van der Waals surface area contributed by atoms with Gasteiger partial charge in [0.15, 0.2) is 5.76 Å². The molecule has 1 rings (SSSR count). The standard InChI is InChI=1S/C13H19NO5/c1-9(2)6-14(7-12(15)16)13(17)11-5-4-10(19-11)8-18-3/h4-5,9H,6-8H2,1-3H3,(H,15,16). The molecule has 0 aliphatic heterocycles.